The van der Waals surface area contributed by atoms with Gasteiger partial charge in [0.25, 0.3) is 0 Å². The number of allylic oxidation sites excluding steroid dienone is 7. The molecule has 0 radical (unpaired) electrons. The minimum atomic E-state index is -1.26. The molecule has 0 amide bonds. The zero-order chi connectivity index (χ0) is 14.9. The third-order valence-corrected chi connectivity index (χ3v) is 6.38. The second kappa shape index (κ2) is 5.57. The van der Waals surface area contributed by atoms with E-state index < -0.39 is 9.21 Å². The zero-order valence-electron chi connectivity index (χ0n) is 12.6. The molecule has 0 saturated carbocycles. The molecule has 0 N–H and O–H groups in total. The quantitative estimate of drug-likeness (QED) is 0.672. The van der Waals surface area contributed by atoms with Crippen LogP contribution in [0.5, 0.6) is 0 Å². The Morgan fingerprint density at radius 2 is 1.90 bits per heavy atom. The standard InChI is InChI=1S/C20H22S/c1-16-8-4-7-11-20(16)21(2,3)15-17-12-13-19(14-17)18-9-5-6-10-18/h4-5,7-11,13-14H,2-3,6,12,15H2,1H3. The summed E-state index contributed by atoms with van der Waals surface area (Å²) in [6.45, 7) is 2.16. The van der Waals surface area contributed by atoms with Crippen molar-refractivity contribution in [2.75, 3.05) is 5.75 Å². The van der Waals surface area contributed by atoms with Gasteiger partial charge in [-0.25, -0.2) is 0 Å². The number of hydrogen-bond donors (Lipinski definition) is 0. The van der Waals surface area contributed by atoms with Gasteiger partial charge in [-0.15, -0.1) is 0 Å². The van der Waals surface area contributed by atoms with E-state index >= 15 is 0 Å². The molecular formula is C20H22S. The van der Waals surface area contributed by atoms with Crippen LogP contribution >= 0.6 is 9.21 Å². The van der Waals surface area contributed by atoms with Crippen molar-refractivity contribution < 1.29 is 0 Å². The smallest absolute Gasteiger partial charge is 0.00878 e. The van der Waals surface area contributed by atoms with Crippen LogP contribution in [0.15, 0.2) is 76.3 Å². The number of benzene rings is 1. The van der Waals surface area contributed by atoms with Gasteiger partial charge in [0.15, 0.2) is 0 Å². The van der Waals surface area contributed by atoms with Crippen LogP contribution < -0.4 is 0 Å². The van der Waals surface area contributed by atoms with Gasteiger partial charge in [-0.3, -0.25) is 0 Å². The molecule has 0 spiro atoms. The first kappa shape index (κ1) is 14.2. The summed E-state index contributed by atoms with van der Waals surface area (Å²) >= 11 is 0. The molecule has 2 aliphatic rings. The Bertz CT molecular complexity index is 781. The van der Waals surface area contributed by atoms with E-state index in [0.717, 1.165) is 18.6 Å². The zero-order valence-corrected chi connectivity index (χ0v) is 13.5. The number of rotatable bonds is 4. The minimum absolute atomic E-state index is 0.995. The molecule has 21 heavy (non-hydrogen) atoms. The van der Waals surface area contributed by atoms with Crippen molar-refractivity contribution in [1.82, 2.24) is 0 Å². The highest BCUT2D eigenvalue weighted by atomic mass is 32.2. The molecule has 3 rings (SSSR count). The summed E-state index contributed by atoms with van der Waals surface area (Å²) in [6.07, 6.45) is 13.5. The van der Waals surface area contributed by atoms with Crippen LogP contribution in [0, 0.1) is 6.92 Å². The van der Waals surface area contributed by atoms with Crippen LogP contribution in [0.2, 0.25) is 0 Å². The molecule has 1 aromatic carbocycles. The Morgan fingerprint density at radius 3 is 2.62 bits per heavy atom. The summed E-state index contributed by atoms with van der Waals surface area (Å²) in [5.41, 5.74) is 5.52. The van der Waals surface area contributed by atoms with Crippen LogP contribution in [-0.2, 0) is 0 Å². The maximum atomic E-state index is 4.47. The molecule has 1 aromatic rings. The molecule has 108 valence electrons. The van der Waals surface area contributed by atoms with Crippen LogP contribution in [0.25, 0.3) is 0 Å². The van der Waals surface area contributed by atoms with E-state index in [2.05, 4.69) is 73.3 Å². The van der Waals surface area contributed by atoms with Crippen LogP contribution in [-0.4, -0.2) is 17.5 Å². The molecular weight excluding hydrogens is 272 g/mol. The van der Waals surface area contributed by atoms with Crippen molar-refractivity contribution in [1.29, 1.82) is 0 Å². The monoisotopic (exact) mass is 294 g/mol. The normalized spacial score (nSPS) is 17.7. The Balaban J connectivity index is 1.80. The minimum Gasteiger partial charge on any atom is -0.183 e. The summed E-state index contributed by atoms with van der Waals surface area (Å²) in [4.78, 5) is 1.33. The first-order valence-corrected chi connectivity index (χ1v) is 9.50. The van der Waals surface area contributed by atoms with Crippen LogP contribution in [0.4, 0.5) is 0 Å². The van der Waals surface area contributed by atoms with E-state index in [-0.39, 0.29) is 0 Å². The molecule has 0 unspecified atom stereocenters. The molecule has 1 heteroatoms. The molecule has 0 saturated heterocycles. The number of hydrogen-bond acceptors (Lipinski definition) is 0. The van der Waals surface area contributed by atoms with Crippen molar-refractivity contribution in [3.63, 3.8) is 0 Å². The van der Waals surface area contributed by atoms with Gasteiger partial charge in [-0.1, -0.05) is 65.9 Å². The van der Waals surface area contributed by atoms with Gasteiger partial charge in [0, 0.05) is 5.75 Å². The molecule has 0 bridgehead atoms. The Morgan fingerprint density at radius 1 is 1.10 bits per heavy atom. The fraction of sp³-hybridized carbons (Fsp3) is 0.200. The van der Waals surface area contributed by atoms with E-state index in [4.69, 9.17) is 0 Å². The molecule has 0 fully saturated rings. The number of aryl methyl sites for hydroxylation is 1. The van der Waals surface area contributed by atoms with E-state index in [1.165, 1.54) is 27.2 Å². The summed E-state index contributed by atoms with van der Waals surface area (Å²) in [7, 11) is -1.26. The van der Waals surface area contributed by atoms with E-state index in [0.29, 0.717) is 0 Å². The molecule has 0 heterocycles. The molecule has 0 aliphatic heterocycles. The van der Waals surface area contributed by atoms with Gasteiger partial charge in [0.05, 0.1) is 0 Å². The Hall–Kier alpha value is -1.73. The summed E-state index contributed by atoms with van der Waals surface area (Å²) in [6, 6.07) is 8.54. The highest BCUT2D eigenvalue weighted by molar-refractivity contribution is 8.27. The molecule has 0 atom stereocenters. The summed E-state index contributed by atoms with van der Waals surface area (Å²) in [5, 5.41) is 0. The van der Waals surface area contributed by atoms with Gasteiger partial charge in [-0.2, -0.15) is 9.21 Å². The van der Waals surface area contributed by atoms with Crippen molar-refractivity contribution in [2.24, 2.45) is 0 Å². The molecule has 0 nitrogen and oxygen atoms in total. The summed E-state index contributed by atoms with van der Waals surface area (Å²) in [5.74, 6) is 9.93. The lowest BCUT2D eigenvalue weighted by atomic mass is 10.1. The van der Waals surface area contributed by atoms with Gasteiger partial charge in [0.1, 0.15) is 0 Å². The van der Waals surface area contributed by atoms with Crippen LogP contribution in [0.1, 0.15) is 18.4 Å². The second-order valence-corrected chi connectivity index (χ2v) is 8.74. The van der Waals surface area contributed by atoms with Crippen molar-refractivity contribution in [3.8, 4) is 0 Å². The highest BCUT2D eigenvalue weighted by Crippen LogP contribution is 2.39. The third kappa shape index (κ3) is 2.98. The predicted octanol–water partition coefficient (Wildman–Crippen LogP) is 5.17. The molecule has 2 aliphatic carbocycles. The Kier molecular flexibility index (Phi) is 3.77. The van der Waals surface area contributed by atoms with Gasteiger partial charge < -0.3 is 0 Å². The fourth-order valence-corrected chi connectivity index (χ4v) is 5.21. The first-order valence-electron chi connectivity index (χ1n) is 7.36. The topological polar surface area (TPSA) is 0 Å². The van der Waals surface area contributed by atoms with Gasteiger partial charge >= 0.3 is 0 Å². The van der Waals surface area contributed by atoms with E-state index in [9.17, 15) is 0 Å². The van der Waals surface area contributed by atoms with E-state index in [1.807, 2.05) is 0 Å². The van der Waals surface area contributed by atoms with Gasteiger partial charge in [-0.05, 0) is 47.4 Å². The highest BCUT2D eigenvalue weighted by Gasteiger charge is 2.13. The lowest BCUT2D eigenvalue weighted by Crippen LogP contribution is -1.94. The SMILES string of the molecule is C=S(=C)(CC1=CC(C2=CCC=C2)=CC1)c1ccccc1C. The van der Waals surface area contributed by atoms with Gasteiger partial charge in [0.2, 0.25) is 0 Å². The average Bonchev–Trinajstić information content (AvgIpc) is 3.09. The van der Waals surface area contributed by atoms with Crippen LogP contribution in [0.3, 0.4) is 0 Å². The average molecular weight is 294 g/mol. The lowest BCUT2D eigenvalue weighted by molar-refractivity contribution is 1.24. The first-order chi connectivity index (χ1) is 10.1. The lowest BCUT2D eigenvalue weighted by Gasteiger charge is -2.18. The fourth-order valence-electron chi connectivity index (χ4n) is 3.03. The Labute approximate surface area is 128 Å². The maximum absolute atomic E-state index is 4.47. The van der Waals surface area contributed by atoms with Crippen molar-refractivity contribution >= 4 is 20.9 Å². The largest absolute Gasteiger partial charge is 0.183 e. The van der Waals surface area contributed by atoms with E-state index in [1.54, 1.807) is 0 Å². The van der Waals surface area contributed by atoms with Crippen molar-refractivity contribution in [3.05, 3.63) is 76.9 Å². The van der Waals surface area contributed by atoms with Crippen molar-refractivity contribution in [2.45, 2.75) is 24.7 Å². The third-order valence-electron chi connectivity index (χ3n) is 4.07. The summed E-state index contributed by atoms with van der Waals surface area (Å²) < 4.78 is 0. The second-order valence-electron chi connectivity index (χ2n) is 5.92. The predicted molar refractivity (Wildman–Crippen MR) is 98.8 cm³/mol. The molecule has 0 aromatic heterocycles. The maximum Gasteiger partial charge on any atom is 0.00878 e.